The summed E-state index contributed by atoms with van der Waals surface area (Å²) in [5.74, 6) is -1.02. The van der Waals surface area contributed by atoms with E-state index in [0.29, 0.717) is 12.8 Å². The third-order valence-corrected chi connectivity index (χ3v) is 2.90. The van der Waals surface area contributed by atoms with Gasteiger partial charge in [-0.05, 0) is 31.4 Å². The molecule has 0 spiro atoms. The van der Waals surface area contributed by atoms with Gasteiger partial charge in [-0.3, -0.25) is 0 Å². The molecule has 0 heterocycles. The van der Waals surface area contributed by atoms with Gasteiger partial charge in [0.1, 0.15) is 6.04 Å². The Morgan fingerprint density at radius 3 is 2.32 bits per heavy atom. The Balaban J connectivity index is 2.72. The molecule has 5 heteroatoms. The lowest BCUT2D eigenvalue weighted by molar-refractivity contribution is -0.139. The van der Waals surface area contributed by atoms with Crippen molar-refractivity contribution in [1.82, 2.24) is 5.32 Å². The lowest BCUT2D eigenvalue weighted by atomic mass is 10.1. The molecule has 104 valence electrons. The maximum Gasteiger partial charge on any atom is 0.326 e. The number of aliphatic carboxylic acids is 1. The molecule has 1 rings (SSSR count). The summed E-state index contributed by atoms with van der Waals surface area (Å²) in [5.41, 5.74) is 2.61. The van der Waals surface area contributed by atoms with Crippen LogP contribution in [0.5, 0.6) is 0 Å². The average molecular weight is 264 g/mol. The van der Waals surface area contributed by atoms with E-state index in [-0.39, 0.29) is 0 Å². The summed E-state index contributed by atoms with van der Waals surface area (Å²) in [6.07, 6.45) is 1.11. The van der Waals surface area contributed by atoms with Crippen LogP contribution in [0.15, 0.2) is 18.2 Å². The van der Waals surface area contributed by atoms with E-state index in [1.807, 2.05) is 39.0 Å². The smallest absolute Gasteiger partial charge is 0.326 e. The minimum Gasteiger partial charge on any atom is -0.480 e. The highest BCUT2D eigenvalue weighted by Crippen LogP contribution is 2.19. The predicted octanol–water partition coefficient (Wildman–Crippen LogP) is 2.68. The summed E-state index contributed by atoms with van der Waals surface area (Å²) >= 11 is 0. The molecular weight excluding hydrogens is 244 g/mol. The molecule has 1 unspecified atom stereocenters. The van der Waals surface area contributed by atoms with Crippen molar-refractivity contribution < 1.29 is 14.7 Å². The van der Waals surface area contributed by atoms with Gasteiger partial charge in [-0.25, -0.2) is 9.59 Å². The van der Waals surface area contributed by atoms with Gasteiger partial charge in [0.25, 0.3) is 0 Å². The number of carboxylic acid groups (broad SMARTS) is 1. The predicted molar refractivity (Wildman–Crippen MR) is 74.4 cm³/mol. The molecule has 1 aromatic rings. The maximum absolute atomic E-state index is 11.8. The van der Waals surface area contributed by atoms with Crippen LogP contribution in [0.2, 0.25) is 0 Å². The van der Waals surface area contributed by atoms with Crippen molar-refractivity contribution in [3.8, 4) is 0 Å². The first-order valence-corrected chi connectivity index (χ1v) is 6.32. The standard InChI is InChI=1S/C14H20N2O3/c1-4-6-11(13(17)18)15-14(19)16-12-9(2)7-5-8-10(12)3/h5,7-8,11H,4,6H2,1-3H3,(H,17,18)(H2,15,16,19). The first-order valence-electron chi connectivity index (χ1n) is 6.32. The molecule has 0 saturated carbocycles. The van der Waals surface area contributed by atoms with E-state index in [4.69, 9.17) is 5.11 Å². The van der Waals surface area contributed by atoms with E-state index in [2.05, 4.69) is 10.6 Å². The van der Waals surface area contributed by atoms with Gasteiger partial charge in [-0.1, -0.05) is 31.5 Å². The van der Waals surface area contributed by atoms with Crippen molar-refractivity contribution in [3.05, 3.63) is 29.3 Å². The van der Waals surface area contributed by atoms with Gasteiger partial charge in [-0.2, -0.15) is 0 Å². The molecule has 19 heavy (non-hydrogen) atoms. The SMILES string of the molecule is CCCC(NC(=O)Nc1c(C)cccc1C)C(=O)O. The average Bonchev–Trinajstić information content (AvgIpc) is 2.33. The quantitative estimate of drug-likeness (QED) is 0.765. The Hall–Kier alpha value is -2.04. The second kappa shape index (κ2) is 6.78. The minimum absolute atomic E-state index is 0.412. The Morgan fingerprint density at radius 2 is 1.84 bits per heavy atom. The number of benzene rings is 1. The van der Waals surface area contributed by atoms with Crippen LogP contribution >= 0.6 is 0 Å². The number of hydrogen-bond acceptors (Lipinski definition) is 2. The van der Waals surface area contributed by atoms with Gasteiger partial charge in [0.2, 0.25) is 0 Å². The number of carboxylic acids is 1. The van der Waals surface area contributed by atoms with E-state index in [1.54, 1.807) is 0 Å². The number of hydrogen-bond donors (Lipinski definition) is 3. The third-order valence-electron chi connectivity index (χ3n) is 2.90. The number of nitrogens with one attached hydrogen (secondary N) is 2. The molecule has 3 N–H and O–H groups in total. The molecule has 0 aliphatic carbocycles. The molecule has 5 nitrogen and oxygen atoms in total. The number of rotatable bonds is 5. The highest BCUT2D eigenvalue weighted by Gasteiger charge is 2.19. The second-order valence-corrected chi connectivity index (χ2v) is 4.54. The van der Waals surface area contributed by atoms with Gasteiger partial charge < -0.3 is 15.7 Å². The van der Waals surface area contributed by atoms with Crippen molar-refractivity contribution in [2.75, 3.05) is 5.32 Å². The molecule has 0 saturated heterocycles. The summed E-state index contributed by atoms with van der Waals surface area (Å²) in [5, 5.41) is 14.2. The Labute approximate surface area is 113 Å². The van der Waals surface area contributed by atoms with Crippen LogP contribution in [0.4, 0.5) is 10.5 Å². The van der Waals surface area contributed by atoms with Gasteiger partial charge in [0, 0.05) is 5.69 Å². The number of amides is 2. The summed E-state index contributed by atoms with van der Waals surface area (Å²) in [6.45, 7) is 5.66. The first-order chi connectivity index (χ1) is 8.95. The summed E-state index contributed by atoms with van der Waals surface area (Å²) in [4.78, 5) is 22.8. The van der Waals surface area contributed by atoms with Crippen LogP contribution in [-0.2, 0) is 4.79 Å². The normalized spacial score (nSPS) is 11.7. The summed E-state index contributed by atoms with van der Waals surface area (Å²) < 4.78 is 0. The molecule has 0 bridgehead atoms. The lowest BCUT2D eigenvalue weighted by Crippen LogP contribution is -2.43. The van der Waals surface area contributed by atoms with Crippen molar-refractivity contribution in [3.63, 3.8) is 0 Å². The number of para-hydroxylation sites is 1. The van der Waals surface area contributed by atoms with Crippen LogP contribution in [-0.4, -0.2) is 23.1 Å². The zero-order chi connectivity index (χ0) is 14.4. The number of urea groups is 1. The highest BCUT2D eigenvalue weighted by molar-refractivity contribution is 5.93. The van der Waals surface area contributed by atoms with Crippen LogP contribution in [0.25, 0.3) is 0 Å². The van der Waals surface area contributed by atoms with E-state index in [1.165, 1.54) is 0 Å². The number of carbonyl (C=O) groups is 2. The van der Waals surface area contributed by atoms with Crippen molar-refractivity contribution in [2.45, 2.75) is 39.7 Å². The summed E-state index contributed by atoms with van der Waals surface area (Å²) in [6, 6.07) is 4.35. The molecule has 0 aromatic heterocycles. The largest absolute Gasteiger partial charge is 0.480 e. The summed E-state index contributed by atoms with van der Waals surface area (Å²) in [7, 11) is 0. The van der Waals surface area contributed by atoms with E-state index >= 15 is 0 Å². The number of carbonyl (C=O) groups excluding carboxylic acids is 1. The number of aryl methyl sites for hydroxylation is 2. The maximum atomic E-state index is 11.8. The van der Waals surface area contributed by atoms with Crippen molar-refractivity contribution >= 4 is 17.7 Å². The van der Waals surface area contributed by atoms with Crippen LogP contribution in [0.3, 0.4) is 0 Å². The molecule has 0 radical (unpaired) electrons. The highest BCUT2D eigenvalue weighted by atomic mass is 16.4. The van der Waals surface area contributed by atoms with Gasteiger partial charge in [0.05, 0.1) is 0 Å². The number of anilines is 1. The lowest BCUT2D eigenvalue weighted by Gasteiger charge is -2.16. The van der Waals surface area contributed by atoms with Gasteiger partial charge in [-0.15, -0.1) is 0 Å². The molecule has 0 aliphatic heterocycles. The van der Waals surface area contributed by atoms with E-state index in [9.17, 15) is 9.59 Å². The Morgan fingerprint density at radius 1 is 1.26 bits per heavy atom. The molecule has 0 aliphatic rings. The van der Waals surface area contributed by atoms with Gasteiger partial charge in [0.15, 0.2) is 0 Å². The fourth-order valence-electron chi connectivity index (χ4n) is 1.87. The fraction of sp³-hybridized carbons (Fsp3) is 0.429. The molecular formula is C14H20N2O3. The first kappa shape index (κ1) is 15.0. The van der Waals surface area contributed by atoms with Crippen molar-refractivity contribution in [1.29, 1.82) is 0 Å². The molecule has 0 fully saturated rings. The molecule has 1 atom stereocenters. The topological polar surface area (TPSA) is 78.4 Å². The van der Waals surface area contributed by atoms with E-state index in [0.717, 1.165) is 16.8 Å². The Bertz CT molecular complexity index is 452. The Kier molecular flexibility index (Phi) is 5.36. The van der Waals surface area contributed by atoms with E-state index < -0.39 is 18.0 Å². The molecule has 2 amide bonds. The van der Waals surface area contributed by atoms with Crippen LogP contribution in [0, 0.1) is 13.8 Å². The monoisotopic (exact) mass is 264 g/mol. The fourth-order valence-corrected chi connectivity index (χ4v) is 1.87. The second-order valence-electron chi connectivity index (χ2n) is 4.54. The zero-order valence-corrected chi connectivity index (χ0v) is 11.5. The zero-order valence-electron chi connectivity index (χ0n) is 11.5. The van der Waals surface area contributed by atoms with Crippen molar-refractivity contribution in [2.24, 2.45) is 0 Å². The van der Waals surface area contributed by atoms with Crippen LogP contribution < -0.4 is 10.6 Å². The molecule has 1 aromatic carbocycles. The third kappa shape index (κ3) is 4.28. The van der Waals surface area contributed by atoms with Gasteiger partial charge >= 0.3 is 12.0 Å². The minimum atomic E-state index is -1.02. The van der Waals surface area contributed by atoms with Crippen LogP contribution in [0.1, 0.15) is 30.9 Å².